The van der Waals surface area contributed by atoms with E-state index in [4.69, 9.17) is 0 Å². The smallest absolute Gasteiger partial charge is 0.357 e. The normalized spacial score (nSPS) is 11.6. The number of hydrogen-bond acceptors (Lipinski definition) is 4. The van der Waals surface area contributed by atoms with Gasteiger partial charge in [0.15, 0.2) is 11.1 Å². The highest BCUT2D eigenvalue weighted by Crippen LogP contribution is 2.37. The van der Waals surface area contributed by atoms with Crippen molar-refractivity contribution in [3.63, 3.8) is 0 Å². The fraction of sp³-hybridized carbons (Fsp3) is 0.231. The molecule has 0 aliphatic carbocycles. The summed E-state index contributed by atoms with van der Waals surface area (Å²) in [6, 6.07) is 20.3. The molecular weight excluding hydrogens is 441 g/mol. The molecule has 8 heteroatoms. The van der Waals surface area contributed by atoms with Gasteiger partial charge in [-0.2, -0.15) is 13.2 Å². The maximum absolute atomic E-state index is 14.2. The molecule has 4 aromatic rings. The van der Waals surface area contributed by atoms with Crippen LogP contribution in [-0.2, 0) is 6.18 Å². The predicted molar refractivity (Wildman–Crippen MR) is 130 cm³/mol. The Bertz CT molecular complexity index is 1340. The molecule has 2 heterocycles. The minimum absolute atomic E-state index is 0.0449. The standard InChI is InChI=1S/C26H25F3N4O/c1-3-15-32(4-2)22-16-20(26(27,28)29)24-21(34)17-23(30-18-11-7-5-8-12-18)33(25(24)31-22)19-13-9-6-10-14-19/h5-14,16-17,30H,3-4,15H2,1-2H3. The number of halogens is 3. The largest absolute Gasteiger partial charge is 0.417 e. The van der Waals surface area contributed by atoms with Gasteiger partial charge in [0.05, 0.1) is 10.9 Å². The second-order valence-corrected chi connectivity index (χ2v) is 7.86. The van der Waals surface area contributed by atoms with Crippen LogP contribution in [0.3, 0.4) is 0 Å². The molecule has 0 saturated heterocycles. The van der Waals surface area contributed by atoms with E-state index in [1.54, 1.807) is 33.7 Å². The number of nitrogens with one attached hydrogen (secondary N) is 1. The summed E-state index contributed by atoms with van der Waals surface area (Å²) in [5, 5.41) is 2.73. The summed E-state index contributed by atoms with van der Waals surface area (Å²) in [5.41, 5.74) is -0.494. The minimum atomic E-state index is -4.72. The molecular formula is C26H25F3N4O. The van der Waals surface area contributed by atoms with Crippen molar-refractivity contribution in [1.82, 2.24) is 9.55 Å². The van der Waals surface area contributed by atoms with E-state index in [-0.39, 0.29) is 11.5 Å². The lowest BCUT2D eigenvalue weighted by Gasteiger charge is -2.25. The van der Waals surface area contributed by atoms with Crippen LogP contribution in [0.25, 0.3) is 16.7 Å². The van der Waals surface area contributed by atoms with Gasteiger partial charge >= 0.3 is 6.18 Å². The number of fused-ring (bicyclic) bond motifs is 1. The molecule has 2 aromatic heterocycles. The zero-order valence-electron chi connectivity index (χ0n) is 18.9. The first-order chi connectivity index (χ1) is 16.3. The van der Waals surface area contributed by atoms with Crippen LogP contribution in [0.2, 0.25) is 0 Å². The molecule has 0 atom stereocenters. The molecule has 0 amide bonds. The van der Waals surface area contributed by atoms with E-state index in [2.05, 4.69) is 10.3 Å². The summed E-state index contributed by atoms with van der Waals surface area (Å²) in [6.07, 6.45) is -3.97. The van der Waals surface area contributed by atoms with Crippen LogP contribution >= 0.6 is 0 Å². The highest BCUT2D eigenvalue weighted by Gasteiger charge is 2.36. The summed E-state index contributed by atoms with van der Waals surface area (Å²) >= 11 is 0. The molecule has 34 heavy (non-hydrogen) atoms. The van der Waals surface area contributed by atoms with E-state index in [0.29, 0.717) is 30.3 Å². The number of nitrogens with zero attached hydrogens (tertiary/aromatic N) is 3. The number of aromatic nitrogens is 2. The molecule has 0 fully saturated rings. The van der Waals surface area contributed by atoms with Crippen molar-refractivity contribution in [2.75, 3.05) is 23.3 Å². The summed E-state index contributed by atoms with van der Waals surface area (Å²) < 4.78 is 44.2. The topological polar surface area (TPSA) is 50.2 Å². The number of para-hydroxylation sites is 2. The van der Waals surface area contributed by atoms with Crippen LogP contribution < -0.4 is 15.6 Å². The molecule has 0 unspecified atom stereocenters. The van der Waals surface area contributed by atoms with Gasteiger partial charge in [0.25, 0.3) is 0 Å². The third kappa shape index (κ3) is 4.62. The van der Waals surface area contributed by atoms with Crippen molar-refractivity contribution >= 4 is 28.4 Å². The molecule has 5 nitrogen and oxygen atoms in total. The van der Waals surface area contributed by atoms with Crippen molar-refractivity contribution in [2.24, 2.45) is 0 Å². The van der Waals surface area contributed by atoms with Gasteiger partial charge in [-0.3, -0.25) is 9.36 Å². The molecule has 0 radical (unpaired) electrons. The Hall–Kier alpha value is -3.81. The number of benzene rings is 2. The number of pyridine rings is 2. The molecule has 0 aliphatic heterocycles. The molecule has 4 rings (SSSR count). The fourth-order valence-electron chi connectivity index (χ4n) is 3.99. The Kier molecular flexibility index (Phi) is 6.58. The Balaban J connectivity index is 2.11. The Morgan fingerprint density at radius 3 is 2.21 bits per heavy atom. The first-order valence-corrected chi connectivity index (χ1v) is 11.1. The van der Waals surface area contributed by atoms with Crippen molar-refractivity contribution in [3.8, 4) is 5.69 Å². The first kappa shape index (κ1) is 23.4. The Morgan fingerprint density at radius 1 is 0.971 bits per heavy atom. The van der Waals surface area contributed by atoms with Gasteiger partial charge in [-0.1, -0.05) is 43.3 Å². The molecule has 2 aromatic carbocycles. The lowest BCUT2D eigenvalue weighted by molar-refractivity contribution is -0.136. The van der Waals surface area contributed by atoms with Gasteiger partial charge in [-0.15, -0.1) is 0 Å². The molecule has 0 saturated carbocycles. The Morgan fingerprint density at radius 2 is 1.62 bits per heavy atom. The second kappa shape index (κ2) is 9.59. The zero-order chi connectivity index (χ0) is 24.3. The first-order valence-electron chi connectivity index (χ1n) is 11.1. The average Bonchev–Trinajstić information content (AvgIpc) is 2.82. The second-order valence-electron chi connectivity index (χ2n) is 7.86. The van der Waals surface area contributed by atoms with Crippen LogP contribution in [0.5, 0.6) is 0 Å². The van der Waals surface area contributed by atoms with E-state index in [1.165, 1.54) is 6.07 Å². The van der Waals surface area contributed by atoms with E-state index in [1.807, 2.05) is 50.2 Å². The van der Waals surface area contributed by atoms with Crippen LogP contribution in [-0.4, -0.2) is 22.6 Å². The predicted octanol–water partition coefficient (Wildman–Crippen LogP) is 6.38. The van der Waals surface area contributed by atoms with Crippen LogP contribution in [0.15, 0.2) is 77.6 Å². The number of anilines is 3. The average molecular weight is 467 g/mol. The lowest BCUT2D eigenvalue weighted by atomic mass is 10.1. The van der Waals surface area contributed by atoms with Crippen molar-refractivity contribution in [1.29, 1.82) is 0 Å². The quantitative estimate of drug-likeness (QED) is 0.343. The molecule has 176 valence electrons. The third-order valence-electron chi connectivity index (χ3n) is 5.52. The van der Waals surface area contributed by atoms with Gasteiger partial charge < -0.3 is 10.2 Å². The van der Waals surface area contributed by atoms with Crippen LogP contribution in [0.1, 0.15) is 25.8 Å². The molecule has 1 N–H and O–H groups in total. The van der Waals surface area contributed by atoms with Crippen molar-refractivity contribution < 1.29 is 13.2 Å². The van der Waals surface area contributed by atoms with Crippen LogP contribution in [0, 0.1) is 0 Å². The highest BCUT2D eigenvalue weighted by atomic mass is 19.4. The molecule has 0 bridgehead atoms. The Labute approximate surface area is 195 Å². The molecule has 0 spiro atoms. The van der Waals surface area contributed by atoms with Gasteiger partial charge in [0.2, 0.25) is 0 Å². The van der Waals surface area contributed by atoms with E-state index in [0.717, 1.165) is 12.5 Å². The van der Waals surface area contributed by atoms with E-state index in [9.17, 15) is 18.0 Å². The summed E-state index contributed by atoms with van der Waals surface area (Å²) in [5.74, 6) is 0.510. The number of rotatable bonds is 7. The van der Waals surface area contributed by atoms with Crippen molar-refractivity contribution in [2.45, 2.75) is 26.4 Å². The summed E-state index contributed by atoms with van der Waals surface area (Å²) in [7, 11) is 0. The monoisotopic (exact) mass is 466 g/mol. The van der Waals surface area contributed by atoms with E-state index >= 15 is 0 Å². The summed E-state index contributed by atoms with van der Waals surface area (Å²) in [4.78, 5) is 19.5. The van der Waals surface area contributed by atoms with Gasteiger partial charge in [-0.05, 0) is 43.7 Å². The third-order valence-corrected chi connectivity index (χ3v) is 5.52. The van der Waals surface area contributed by atoms with Gasteiger partial charge in [0, 0.05) is 30.5 Å². The van der Waals surface area contributed by atoms with Crippen LogP contribution in [0.4, 0.5) is 30.5 Å². The summed E-state index contributed by atoms with van der Waals surface area (Å²) in [6.45, 7) is 4.85. The zero-order valence-corrected chi connectivity index (χ0v) is 18.9. The highest BCUT2D eigenvalue weighted by molar-refractivity contribution is 5.86. The number of alkyl halides is 3. The minimum Gasteiger partial charge on any atom is -0.357 e. The maximum Gasteiger partial charge on any atom is 0.417 e. The number of hydrogen-bond donors (Lipinski definition) is 1. The van der Waals surface area contributed by atoms with E-state index < -0.39 is 22.6 Å². The van der Waals surface area contributed by atoms with Gasteiger partial charge in [0.1, 0.15) is 11.6 Å². The van der Waals surface area contributed by atoms with Gasteiger partial charge in [-0.25, -0.2) is 4.98 Å². The fourth-order valence-corrected chi connectivity index (χ4v) is 3.99. The lowest BCUT2D eigenvalue weighted by Crippen LogP contribution is -2.26. The molecule has 0 aliphatic rings. The van der Waals surface area contributed by atoms with Crippen molar-refractivity contribution in [3.05, 3.63) is 88.6 Å². The maximum atomic E-state index is 14.2. The SMILES string of the molecule is CCCN(CC)c1cc(C(F)(F)F)c2c(=O)cc(Nc3ccccc3)n(-c3ccccc3)c2n1.